The van der Waals surface area contributed by atoms with Crippen LogP contribution in [0.2, 0.25) is 0 Å². The number of imidazole rings is 1. The lowest BCUT2D eigenvalue weighted by atomic mass is 10.2. The number of nitriles is 1. The van der Waals surface area contributed by atoms with Crippen molar-refractivity contribution in [2.75, 3.05) is 0 Å². The van der Waals surface area contributed by atoms with Crippen molar-refractivity contribution in [2.24, 2.45) is 0 Å². The molecule has 0 fully saturated rings. The molecule has 9 heteroatoms. The summed E-state index contributed by atoms with van der Waals surface area (Å²) < 4.78 is 44.1. The molecule has 0 radical (unpaired) electrons. The Balaban J connectivity index is 1.92. The zero-order valence-electron chi connectivity index (χ0n) is 17.3. The van der Waals surface area contributed by atoms with Gasteiger partial charge in [0.1, 0.15) is 0 Å². The Morgan fingerprint density at radius 2 is 1.78 bits per heavy atom. The highest BCUT2D eigenvalue weighted by Crippen LogP contribution is 2.32. The van der Waals surface area contributed by atoms with Crippen molar-refractivity contribution in [2.45, 2.75) is 26.6 Å². The molecule has 32 heavy (non-hydrogen) atoms. The molecule has 0 N–H and O–H groups in total. The van der Waals surface area contributed by atoms with Gasteiger partial charge in [-0.2, -0.15) is 23.5 Å². The van der Waals surface area contributed by atoms with E-state index in [0.717, 1.165) is 12.1 Å². The summed E-state index contributed by atoms with van der Waals surface area (Å²) in [6, 6.07) is 15.3. The van der Waals surface area contributed by atoms with E-state index in [1.807, 2.05) is 0 Å². The molecular formula is C23H18F3N5O. The molecule has 0 saturated heterocycles. The minimum Gasteiger partial charge on any atom is -0.290 e. The monoisotopic (exact) mass is 437 g/mol. The first kappa shape index (κ1) is 21.2. The smallest absolute Gasteiger partial charge is 0.290 e. The summed E-state index contributed by atoms with van der Waals surface area (Å²) in [5, 5.41) is 13.4. The predicted octanol–water partition coefficient (Wildman–Crippen LogP) is 4.71. The fourth-order valence-corrected chi connectivity index (χ4v) is 3.77. The van der Waals surface area contributed by atoms with Crippen LogP contribution >= 0.6 is 0 Å². The van der Waals surface area contributed by atoms with Gasteiger partial charge < -0.3 is 0 Å². The van der Waals surface area contributed by atoms with Crippen LogP contribution < -0.4 is 5.69 Å². The third-order valence-electron chi connectivity index (χ3n) is 5.24. The van der Waals surface area contributed by atoms with Crippen molar-refractivity contribution in [3.8, 4) is 28.8 Å². The van der Waals surface area contributed by atoms with Gasteiger partial charge in [-0.1, -0.05) is 6.07 Å². The molecule has 2 aromatic heterocycles. The second-order valence-electron chi connectivity index (χ2n) is 7.13. The van der Waals surface area contributed by atoms with E-state index < -0.39 is 17.4 Å². The molecule has 162 valence electrons. The molecule has 2 aromatic carbocycles. The lowest BCUT2D eigenvalue weighted by Crippen LogP contribution is -2.23. The molecule has 0 saturated carbocycles. The maximum absolute atomic E-state index is 13.2. The minimum atomic E-state index is -4.52. The van der Waals surface area contributed by atoms with Crippen molar-refractivity contribution in [3.63, 3.8) is 0 Å². The predicted molar refractivity (Wildman–Crippen MR) is 113 cm³/mol. The van der Waals surface area contributed by atoms with E-state index in [1.165, 1.54) is 21.3 Å². The molecule has 0 spiro atoms. The Kier molecular flexibility index (Phi) is 5.22. The molecule has 4 rings (SSSR count). The molecule has 0 unspecified atom stereocenters. The second-order valence-corrected chi connectivity index (χ2v) is 7.13. The summed E-state index contributed by atoms with van der Waals surface area (Å²) >= 11 is 0. The highest BCUT2D eigenvalue weighted by atomic mass is 19.4. The van der Waals surface area contributed by atoms with Gasteiger partial charge in [0.2, 0.25) is 0 Å². The van der Waals surface area contributed by atoms with Gasteiger partial charge in [0, 0.05) is 6.54 Å². The molecule has 0 atom stereocenters. The quantitative estimate of drug-likeness (QED) is 0.464. The van der Waals surface area contributed by atoms with E-state index >= 15 is 0 Å². The van der Waals surface area contributed by atoms with Crippen molar-refractivity contribution in [1.29, 1.82) is 5.26 Å². The summed E-state index contributed by atoms with van der Waals surface area (Å²) in [6.07, 6.45) is -2.93. The van der Waals surface area contributed by atoms with Crippen molar-refractivity contribution >= 4 is 0 Å². The zero-order valence-corrected chi connectivity index (χ0v) is 17.3. The Bertz CT molecular complexity index is 1380. The average molecular weight is 437 g/mol. The third-order valence-corrected chi connectivity index (χ3v) is 5.24. The van der Waals surface area contributed by atoms with Crippen molar-refractivity contribution < 1.29 is 13.2 Å². The lowest BCUT2D eigenvalue weighted by molar-refractivity contribution is -0.137. The number of benzene rings is 2. The first-order valence-corrected chi connectivity index (χ1v) is 9.81. The maximum atomic E-state index is 13.2. The number of aromatic nitrogens is 4. The Morgan fingerprint density at radius 1 is 1.06 bits per heavy atom. The lowest BCUT2D eigenvalue weighted by Gasteiger charge is -2.11. The fraction of sp³-hybridized carbons (Fsp3) is 0.174. The van der Waals surface area contributed by atoms with Crippen LogP contribution in [-0.4, -0.2) is 18.9 Å². The van der Waals surface area contributed by atoms with Crippen molar-refractivity contribution in [1.82, 2.24) is 18.9 Å². The number of nitrogens with zero attached hydrogens (tertiary/aromatic N) is 5. The second kappa shape index (κ2) is 7.89. The molecule has 0 bridgehead atoms. The summed E-state index contributed by atoms with van der Waals surface area (Å²) in [6.45, 7) is 3.81. The molecule has 0 amide bonds. The number of rotatable bonds is 4. The summed E-state index contributed by atoms with van der Waals surface area (Å²) in [4.78, 5) is 13.2. The van der Waals surface area contributed by atoms with Gasteiger partial charge in [-0.05, 0) is 62.4 Å². The van der Waals surface area contributed by atoms with Crippen molar-refractivity contribution in [3.05, 3.63) is 88.1 Å². The highest BCUT2D eigenvalue weighted by Gasteiger charge is 2.31. The standard InChI is InChI=1S/C23H18F3N5O/c1-3-29-21(20-11-12-28-31(20)18-9-7-16(14-27)8-10-18)15(2)30(22(29)32)19-6-4-5-17(13-19)23(24,25)26/h4-13H,3H2,1-2H3. The van der Waals surface area contributed by atoms with Gasteiger partial charge in [-0.3, -0.25) is 9.13 Å². The normalized spacial score (nSPS) is 11.5. The molecule has 6 nitrogen and oxygen atoms in total. The SMILES string of the molecule is CCn1c(-c2ccnn2-c2ccc(C#N)cc2)c(C)n(-c2cccc(C(F)(F)F)c2)c1=O. The number of alkyl halides is 3. The highest BCUT2D eigenvalue weighted by molar-refractivity contribution is 5.63. The van der Waals surface area contributed by atoms with Gasteiger partial charge in [0.25, 0.3) is 0 Å². The summed E-state index contributed by atoms with van der Waals surface area (Å²) in [5.41, 5.74) is 1.71. The van der Waals surface area contributed by atoms with E-state index in [0.29, 0.717) is 34.9 Å². The van der Waals surface area contributed by atoms with Crippen LogP contribution in [0.5, 0.6) is 0 Å². The Labute approximate surface area is 181 Å². The molecule has 0 aliphatic rings. The fourth-order valence-electron chi connectivity index (χ4n) is 3.77. The number of halogens is 3. The van der Waals surface area contributed by atoms with Crippen LogP contribution in [0.15, 0.2) is 65.6 Å². The number of hydrogen-bond donors (Lipinski definition) is 0. The molecule has 0 aliphatic carbocycles. The van der Waals surface area contributed by atoms with Crippen LogP contribution in [0, 0.1) is 18.3 Å². The average Bonchev–Trinajstić information content (AvgIpc) is 3.35. The van der Waals surface area contributed by atoms with Gasteiger partial charge in [-0.25, -0.2) is 9.48 Å². The maximum Gasteiger partial charge on any atom is 0.416 e. The number of hydrogen-bond acceptors (Lipinski definition) is 3. The molecule has 0 aliphatic heterocycles. The summed E-state index contributed by atoms with van der Waals surface area (Å²) in [5.74, 6) is 0. The van der Waals surface area contributed by atoms with E-state index in [1.54, 1.807) is 55.1 Å². The van der Waals surface area contributed by atoms with E-state index in [9.17, 15) is 18.0 Å². The van der Waals surface area contributed by atoms with Crippen LogP contribution in [0.3, 0.4) is 0 Å². The van der Waals surface area contributed by atoms with E-state index in [2.05, 4.69) is 11.2 Å². The molecule has 4 aromatic rings. The Morgan fingerprint density at radius 3 is 2.41 bits per heavy atom. The van der Waals surface area contributed by atoms with Gasteiger partial charge in [0.05, 0.1) is 51.8 Å². The topological polar surface area (TPSA) is 68.5 Å². The third kappa shape index (κ3) is 3.50. The van der Waals surface area contributed by atoms with Gasteiger partial charge in [-0.15, -0.1) is 0 Å². The van der Waals surface area contributed by atoms with Gasteiger partial charge in [0.15, 0.2) is 0 Å². The largest absolute Gasteiger partial charge is 0.416 e. The van der Waals surface area contributed by atoms with Crippen LogP contribution in [0.1, 0.15) is 23.7 Å². The minimum absolute atomic E-state index is 0.139. The first-order chi connectivity index (χ1) is 15.3. The first-order valence-electron chi connectivity index (χ1n) is 9.81. The summed E-state index contributed by atoms with van der Waals surface area (Å²) in [7, 11) is 0. The molecule has 2 heterocycles. The van der Waals surface area contributed by atoms with E-state index in [4.69, 9.17) is 5.26 Å². The Hall–Kier alpha value is -4.06. The molecular weight excluding hydrogens is 419 g/mol. The van der Waals surface area contributed by atoms with Crippen LogP contribution in [0.25, 0.3) is 22.8 Å². The van der Waals surface area contributed by atoms with Crippen LogP contribution in [0.4, 0.5) is 13.2 Å². The van der Waals surface area contributed by atoms with Gasteiger partial charge >= 0.3 is 11.9 Å². The van der Waals surface area contributed by atoms with Crippen LogP contribution in [-0.2, 0) is 12.7 Å². The van der Waals surface area contributed by atoms with E-state index in [-0.39, 0.29) is 5.69 Å². The zero-order chi connectivity index (χ0) is 23.0.